The van der Waals surface area contributed by atoms with E-state index in [0.717, 1.165) is 5.69 Å². The lowest BCUT2D eigenvalue weighted by molar-refractivity contribution is -0.113. The number of benzene rings is 2. The second-order valence-electron chi connectivity index (χ2n) is 6.01. The number of hydrogen-bond donors (Lipinski definition) is 2. The molecule has 3 rings (SSSR count). The van der Waals surface area contributed by atoms with Crippen LogP contribution in [0.4, 0.5) is 5.69 Å². The van der Waals surface area contributed by atoms with Gasteiger partial charge < -0.3 is 19.8 Å². The lowest BCUT2D eigenvalue weighted by Crippen LogP contribution is -2.15. The molecule has 146 valence electrons. The van der Waals surface area contributed by atoms with Crippen LogP contribution >= 0.6 is 11.8 Å². The van der Waals surface area contributed by atoms with E-state index < -0.39 is 0 Å². The molecule has 0 aliphatic rings. The Labute approximate surface area is 167 Å². The molecule has 0 saturated carbocycles. The minimum absolute atomic E-state index is 0.0710. The van der Waals surface area contributed by atoms with Crippen LogP contribution in [-0.4, -0.2) is 30.4 Å². The van der Waals surface area contributed by atoms with Gasteiger partial charge >= 0.3 is 0 Å². The lowest BCUT2D eigenvalue weighted by atomic mass is 10.2. The fourth-order valence-corrected chi connectivity index (χ4v) is 3.57. The van der Waals surface area contributed by atoms with Gasteiger partial charge in [0.15, 0.2) is 5.43 Å². The Balaban J connectivity index is 1.64. The van der Waals surface area contributed by atoms with Gasteiger partial charge in [0.05, 0.1) is 30.7 Å². The number of anilines is 1. The number of para-hydroxylation sites is 3. The van der Waals surface area contributed by atoms with Gasteiger partial charge in [-0.3, -0.25) is 9.59 Å². The van der Waals surface area contributed by atoms with Gasteiger partial charge in [-0.1, -0.05) is 18.2 Å². The van der Waals surface area contributed by atoms with Gasteiger partial charge in [0.2, 0.25) is 5.91 Å². The van der Waals surface area contributed by atoms with E-state index in [1.54, 1.807) is 37.4 Å². The number of carbonyl (C=O) groups is 1. The summed E-state index contributed by atoms with van der Waals surface area (Å²) in [6, 6.07) is 14.2. The van der Waals surface area contributed by atoms with E-state index in [9.17, 15) is 9.59 Å². The number of ether oxygens (including phenoxy) is 2. The number of methoxy groups -OCH3 is 1. The van der Waals surface area contributed by atoms with Crippen molar-refractivity contribution in [3.8, 4) is 11.5 Å². The van der Waals surface area contributed by atoms with Gasteiger partial charge in [-0.2, -0.15) is 0 Å². The first-order chi connectivity index (χ1) is 13.6. The molecule has 1 amide bonds. The van der Waals surface area contributed by atoms with E-state index in [0.29, 0.717) is 40.4 Å². The van der Waals surface area contributed by atoms with Gasteiger partial charge in [0, 0.05) is 22.9 Å². The predicted octanol–water partition coefficient (Wildman–Crippen LogP) is 3.81. The Morgan fingerprint density at radius 2 is 1.93 bits per heavy atom. The van der Waals surface area contributed by atoms with Crippen LogP contribution in [0.5, 0.6) is 11.5 Å². The Morgan fingerprint density at radius 1 is 1.14 bits per heavy atom. The number of fused-ring (bicyclic) bond motifs is 1. The summed E-state index contributed by atoms with van der Waals surface area (Å²) in [5, 5.41) is 3.45. The number of aromatic nitrogens is 1. The molecule has 2 aromatic carbocycles. The number of amides is 1. The maximum atomic E-state index is 12.3. The van der Waals surface area contributed by atoms with Crippen LogP contribution in [0.25, 0.3) is 10.9 Å². The second kappa shape index (κ2) is 9.32. The Morgan fingerprint density at radius 3 is 2.71 bits per heavy atom. The van der Waals surface area contributed by atoms with Crippen molar-refractivity contribution in [2.75, 3.05) is 24.8 Å². The molecule has 0 bridgehead atoms. The van der Waals surface area contributed by atoms with E-state index in [1.165, 1.54) is 11.8 Å². The second-order valence-corrected chi connectivity index (χ2v) is 7.00. The van der Waals surface area contributed by atoms with Crippen LogP contribution in [0.2, 0.25) is 0 Å². The Hall–Kier alpha value is -2.93. The zero-order valence-corrected chi connectivity index (χ0v) is 16.6. The standard InChI is InChI=1S/C21H22N2O4S/c1-3-27-18-9-5-4-8-16(18)23-20(25)13-28-12-14-11-17(24)15-7-6-10-19(26-2)21(15)22-14/h4-11H,3,12-13H2,1-2H3,(H,22,24)(H,23,25). The Kier molecular flexibility index (Phi) is 6.60. The van der Waals surface area contributed by atoms with Crippen molar-refractivity contribution in [2.45, 2.75) is 12.7 Å². The average Bonchev–Trinajstić information content (AvgIpc) is 2.69. The first-order valence-electron chi connectivity index (χ1n) is 8.90. The quantitative estimate of drug-likeness (QED) is 0.603. The maximum Gasteiger partial charge on any atom is 0.234 e. The number of nitrogens with one attached hydrogen (secondary N) is 2. The SMILES string of the molecule is CCOc1ccccc1NC(=O)CSCc1cc(=O)c2cccc(OC)c2[nH]1. The number of hydrogen-bond acceptors (Lipinski definition) is 5. The molecule has 6 nitrogen and oxygen atoms in total. The third-order valence-corrected chi connectivity index (χ3v) is 5.04. The number of carbonyl (C=O) groups excluding carboxylic acids is 1. The molecule has 0 unspecified atom stereocenters. The fourth-order valence-electron chi connectivity index (χ4n) is 2.84. The first-order valence-corrected chi connectivity index (χ1v) is 10.1. The smallest absolute Gasteiger partial charge is 0.234 e. The van der Waals surface area contributed by atoms with Crippen molar-refractivity contribution in [2.24, 2.45) is 0 Å². The molecule has 0 aliphatic heterocycles. The van der Waals surface area contributed by atoms with Crippen molar-refractivity contribution >= 4 is 34.3 Å². The minimum Gasteiger partial charge on any atom is -0.495 e. The van der Waals surface area contributed by atoms with E-state index in [1.807, 2.05) is 25.1 Å². The van der Waals surface area contributed by atoms with Crippen LogP contribution in [0.3, 0.4) is 0 Å². The minimum atomic E-state index is -0.127. The van der Waals surface area contributed by atoms with Crippen molar-refractivity contribution in [3.63, 3.8) is 0 Å². The monoisotopic (exact) mass is 398 g/mol. The highest BCUT2D eigenvalue weighted by Gasteiger charge is 2.10. The van der Waals surface area contributed by atoms with Gasteiger partial charge in [0.1, 0.15) is 11.5 Å². The number of H-pyrrole nitrogens is 1. The third kappa shape index (κ3) is 4.67. The normalized spacial score (nSPS) is 10.6. The molecule has 1 heterocycles. The van der Waals surface area contributed by atoms with Crippen LogP contribution in [-0.2, 0) is 10.5 Å². The van der Waals surface area contributed by atoms with Crippen LogP contribution in [0, 0.1) is 0 Å². The zero-order chi connectivity index (χ0) is 19.9. The van der Waals surface area contributed by atoms with Crippen molar-refractivity contribution in [3.05, 3.63) is 64.4 Å². The van der Waals surface area contributed by atoms with E-state index in [4.69, 9.17) is 9.47 Å². The summed E-state index contributed by atoms with van der Waals surface area (Å²) in [5.74, 6) is 1.90. The molecule has 28 heavy (non-hydrogen) atoms. The molecule has 7 heteroatoms. The lowest BCUT2D eigenvalue weighted by Gasteiger charge is -2.11. The molecule has 0 radical (unpaired) electrons. The van der Waals surface area contributed by atoms with Crippen molar-refractivity contribution < 1.29 is 14.3 Å². The van der Waals surface area contributed by atoms with E-state index >= 15 is 0 Å². The summed E-state index contributed by atoms with van der Waals surface area (Å²) in [6.07, 6.45) is 0. The number of pyridine rings is 1. The van der Waals surface area contributed by atoms with Crippen LogP contribution < -0.4 is 20.2 Å². The van der Waals surface area contributed by atoms with E-state index in [-0.39, 0.29) is 17.1 Å². The molecule has 0 fully saturated rings. The van der Waals surface area contributed by atoms with Crippen LogP contribution in [0.15, 0.2) is 53.3 Å². The fraction of sp³-hybridized carbons (Fsp3) is 0.238. The molecule has 2 N–H and O–H groups in total. The summed E-state index contributed by atoms with van der Waals surface area (Å²) in [4.78, 5) is 27.8. The summed E-state index contributed by atoms with van der Waals surface area (Å²) in [6.45, 7) is 2.42. The molecular weight excluding hydrogens is 376 g/mol. The van der Waals surface area contributed by atoms with Crippen molar-refractivity contribution in [1.29, 1.82) is 0 Å². The topological polar surface area (TPSA) is 80.4 Å². The Bertz CT molecular complexity index is 1030. The average molecular weight is 398 g/mol. The maximum absolute atomic E-state index is 12.3. The van der Waals surface area contributed by atoms with Crippen molar-refractivity contribution in [1.82, 2.24) is 4.98 Å². The molecule has 1 aromatic heterocycles. The van der Waals surface area contributed by atoms with Crippen LogP contribution in [0.1, 0.15) is 12.6 Å². The molecular formula is C21H22N2O4S. The largest absolute Gasteiger partial charge is 0.495 e. The number of rotatable bonds is 8. The van der Waals surface area contributed by atoms with Gasteiger partial charge in [-0.15, -0.1) is 11.8 Å². The predicted molar refractivity (Wildman–Crippen MR) is 114 cm³/mol. The zero-order valence-electron chi connectivity index (χ0n) is 15.8. The molecule has 0 saturated heterocycles. The molecule has 0 aliphatic carbocycles. The highest BCUT2D eigenvalue weighted by molar-refractivity contribution is 7.99. The summed E-state index contributed by atoms with van der Waals surface area (Å²) >= 11 is 1.42. The summed E-state index contributed by atoms with van der Waals surface area (Å²) in [7, 11) is 1.57. The summed E-state index contributed by atoms with van der Waals surface area (Å²) < 4.78 is 10.8. The molecule has 3 aromatic rings. The van der Waals surface area contributed by atoms with E-state index in [2.05, 4.69) is 10.3 Å². The van der Waals surface area contributed by atoms with Gasteiger partial charge in [0.25, 0.3) is 0 Å². The summed E-state index contributed by atoms with van der Waals surface area (Å²) in [5.41, 5.74) is 2.00. The number of thioether (sulfide) groups is 1. The first kappa shape index (κ1) is 19.8. The third-order valence-electron chi connectivity index (χ3n) is 4.05. The molecule has 0 spiro atoms. The highest BCUT2D eigenvalue weighted by atomic mass is 32.2. The number of aromatic amines is 1. The highest BCUT2D eigenvalue weighted by Crippen LogP contribution is 2.25. The molecule has 0 atom stereocenters. The van der Waals surface area contributed by atoms with Gasteiger partial charge in [-0.25, -0.2) is 0 Å². The van der Waals surface area contributed by atoms with Gasteiger partial charge in [-0.05, 0) is 31.2 Å².